The van der Waals surface area contributed by atoms with E-state index in [9.17, 15) is 0 Å². The van der Waals surface area contributed by atoms with Gasteiger partial charge in [-0.3, -0.25) is 0 Å². The summed E-state index contributed by atoms with van der Waals surface area (Å²) in [5.74, 6) is 0.820. The fraction of sp³-hybridized carbons (Fsp3) is 1.00. The molecule has 2 aliphatic rings. The topological polar surface area (TPSA) is 24.5 Å². The molecule has 0 radical (unpaired) electrons. The van der Waals surface area contributed by atoms with Crippen LogP contribution in [0.5, 0.6) is 0 Å². The SMILES string of the molecule is CCNC1CCCCCC1CN(C)C1CCOC1C. The van der Waals surface area contributed by atoms with E-state index in [1.54, 1.807) is 0 Å². The summed E-state index contributed by atoms with van der Waals surface area (Å²) in [6, 6.07) is 1.36. The van der Waals surface area contributed by atoms with E-state index in [1.807, 2.05) is 0 Å². The van der Waals surface area contributed by atoms with Crippen molar-refractivity contribution in [2.75, 3.05) is 26.7 Å². The van der Waals surface area contributed by atoms with E-state index in [4.69, 9.17) is 4.74 Å². The monoisotopic (exact) mass is 268 g/mol. The molecule has 4 atom stereocenters. The first-order valence-electron chi connectivity index (χ1n) is 8.27. The fourth-order valence-electron chi connectivity index (χ4n) is 3.94. The third-order valence-corrected chi connectivity index (χ3v) is 5.05. The molecule has 2 rings (SSSR count). The standard InChI is InChI=1S/C16H32N2O/c1-4-17-15-9-7-5-6-8-14(15)12-18(3)16-10-11-19-13(16)2/h13-17H,4-12H2,1-3H3. The summed E-state index contributed by atoms with van der Waals surface area (Å²) in [6.45, 7) is 7.74. The number of nitrogens with one attached hydrogen (secondary N) is 1. The molecule has 0 amide bonds. The zero-order valence-electron chi connectivity index (χ0n) is 13.0. The minimum Gasteiger partial charge on any atom is -0.377 e. The first-order valence-corrected chi connectivity index (χ1v) is 8.27. The van der Waals surface area contributed by atoms with Crippen molar-refractivity contribution in [1.29, 1.82) is 0 Å². The molecular formula is C16H32N2O. The van der Waals surface area contributed by atoms with Gasteiger partial charge in [-0.15, -0.1) is 0 Å². The minimum atomic E-state index is 0.411. The van der Waals surface area contributed by atoms with Gasteiger partial charge in [-0.25, -0.2) is 0 Å². The molecule has 1 aliphatic heterocycles. The Kier molecular flexibility index (Phi) is 6.11. The van der Waals surface area contributed by atoms with Crippen LogP contribution in [0, 0.1) is 5.92 Å². The quantitative estimate of drug-likeness (QED) is 0.776. The molecule has 1 N–H and O–H groups in total. The number of rotatable bonds is 5. The number of hydrogen-bond acceptors (Lipinski definition) is 3. The third kappa shape index (κ3) is 4.17. The van der Waals surface area contributed by atoms with E-state index in [-0.39, 0.29) is 0 Å². The Balaban J connectivity index is 1.89. The number of ether oxygens (including phenoxy) is 1. The van der Waals surface area contributed by atoms with Crippen LogP contribution >= 0.6 is 0 Å². The summed E-state index contributed by atoms with van der Waals surface area (Å²) in [7, 11) is 2.30. The van der Waals surface area contributed by atoms with Crippen molar-refractivity contribution in [3.63, 3.8) is 0 Å². The molecule has 19 heavy (non-hydrogen) atoms. The van der Waals surface area contributed by atoms with Crippen LogP contribution in [0.2, 0.25) is 0 Å². The lowest BCUT2D eigenvalue weighted by molar-refractivity contribution is 0.0745. The van der Waals surface area contributed by atoms with Gasteiger partial charge in [0.2, 0.25) is 0 Å². The fourth-order valence-corrected chi connectivity index (χ4v) is 3.94. The minimum absolute atomic E-state index is 0.411. The Labute approximate surface area is 119 Å². The first-order chi connectivity index (χ1) is 9.22. The van der Waals surface area contributed by atoms with Crippen molar-refractivity contribution >= 4 is 0 Å². The highest BCUT2D eigenvalue weighted by Crippen LogP contribution is 2.26. The Bertz CT molecular complexity index is 259. The molecule has 0 aromatic rings. The van der Waals surface area contributed by atoms with Gasteiger partial charge < -0.3 is 15.0 Å². The lowest BCUT2D eigenvalue weighted by Gasteiger charge is -2.34. The maximum atomic E-state index is 5.72. The Morgan fingerprint density at radius 2 is 1.95 bits per heavy atom. The van der Waals surface area contributed by atoms with Gasteiger partial charge >= 0.3 is 0 Å². The lowest BCUT2D eigenvalue weighted by Crippen LogP contribution is -2.45. The average molecular weight is 268 g/mol. The summed E-state index contributed by atoms with van der Waals surface area (Å²) < 4.78 is 5.72. The summed E-state index contributed by atoms with van der Waals surface area (Å²) in [6.07, 6.45) is 8.61. The molecule has 4 unspecified atom stereocenters. The van der Waals surface area contributed by atoms with Crippen LogP contribution in [-0.2, 0) is 4.74 Å². The van der Waals surface area contributed by atoms with Crippen molar-refractivity contribution in [3.8, 4) is 0 Å². The van der Waals surface area contributed by atoms with Gasteiger partial charge in [-0.05, 0) is 45.7 Å². The van der Waals surface area contributed by atoms with Crippen LogP contribution in [-0.4, -0.2) is 49.8 Å². The highest BCUT2D eigenvalue weighted by molar-refractivity contribution is 4.86. The smallest absolute Gasteiger partial charge is 0.0702 e. The van der Waals surface area contributed by atoms with Gasteiger partial charge in [-0.2, -0.15) is 0 Å². The molecule has 1 saturated heterocycles. The third-order valence-electron chi connectivity index (χ3n) is 5.05. The summed E-state index contributed by atoms with van der Waals surface area (Å²) in [5, 5.41) is 3.72. The molecular weight excluding hydrogens is 236 g/mol. The normalized spacial score (nSPS) is 36.6. The lowest BCUT2D eigenvalue weighted by atomic mass is 9.93. The Hall–Kier alpha value is -0.120. The number of nitrogens with zero attached hydrogens (tertiary/aromatic N) is 1. The molecule has 0 aromatic heterocycles. The molecule has 1 aliphatic carbocycles. The van der Waals surface area contributed by atoms with Crippen molar-refractivity contribution in [1.82, 2.24) is 10.2 Å². The van der Waals surface area contributed by atoms with Gasteiger partial charge in [-0.1, -0.05) is 26.2 Å². The van der Waals surface area contributed by atoms with E-state index in [1.165, 1.54) is 45.1 Å². The molecule has 1 heterocycles. The highest BCUT2D eigenvalue weighted by atomic mass is 16.5. The van der Waals surface area contributed by atoms with E-state index >= 15 is 0 Å². The number of likely N-dealkylation sites (N-methyl/N-ethyl adjacent to an activating group) is 1. The van der Waals surface area contributed by atoms with Crippen LogP contribution in [0.1, 0.15) is 52.4 Å². The molecule has 3 heteroatoms. The van der Waals surface area contributed by atoms with Crippen molar-refractivity contribution < 1.29 is 4.74 Å². The second kappa shape index (κ2) is 7.61. The molecule has 1 saturated carbocycles. The largest absolute Gasteiger partial charge is 0.377 e. The molecule has 0 bridgehead atoms. The predicted octanol–water partition coefficient (Wildman–Crippen LogP) is 2.65. The zero-order valence-corrected chi connectivity index (χ0v) is 13.0. The maximum Gasteiger partial charge on any atom is 0.0702 e. The van der Waals surface area contributed by atoms with Crippen LogP contribution in [0.3, 0.4) is 0 Å². The second-order valence-corrected chi connectivity index (χ2v) is 6.43. The van der Waals surface area contributed by atoms with Gasteiger partial charge in [0.15, 0.2) is 0 Å². The molecule has 2 fully saturated rings. The molecule has 112 valence electrons. The van der Waals surface area contributed by atoms with Gasteiger partial charge in [0, 0.05) is 25.2 Å². The summed E-state index contributed by atoms with van der Waals surface area (Å²) >= 11 is 0. The van der Waals surface area contributed by atoms with Crippen molar-refractivity contribution in [2.45, 2.75) is 70.6 Å². The van der Waals surface area contributed by atoms with Gasteiger partial charge in [0.1, 0.15) is 0 Å². The van der Waals surface area contributed by atoms with Crippen LogP contribution in [0.4, 0.5) is 0 Å². The number of hydrogen-bond donors (Lipinski definition) is 1. The van der Waals surface area contributed by atoms with Gasteiger partial charge in [0.25, 0.3) is 0 Å². The van der Waals surface area contributed by atoms with Crippen LogP contribution in [0.15, 0.2) is 0 Å². The van der Waals surface area contributed by atoms with E-state index in [0.717, 1.165) is 25.1 Å². The highest BCUT2D eigenvalue weighted by Gasteiger charge is 2.31. The van der Waals surface area contributed by atoms with E-state index in [0.29, 0.717) is 12.1 Å². The van der Waals surface area contributed by atoms with E-state index in [2.05, 4.69) is 31.1 Å². The van der Waals surface area contributed by atoms with E-state index < -0.39 is 0 Å². The van der Waals surface area contributed by atoms with Gasteiger partial charge in [0.05, 0.1) is 6.10 Å². The second-order valence-electron chi connectivity index (χ2n) is 6.43. The molecule has 0 aromatic carbocycles. The average Bonchev–Trinajstić information content (AvgIpc) is 2.70. The van der Waals surface area contributed by atoms with Crippen LogP contribution < -0.4 is 5.32 Å². The zero-order chi connectivity index (χ0) is 13.7. The maximum absolute atomic E-state index is 5.72. The Morgan fingerprint density at radius 1 is 1.16 bits per heavy atom. The first kappa shape index (κ1) is 15.3. The summed E-state index contributed by atoms with van der Waals surface area (Å²) in [4.78, 5) is 2.57. The Morgan fingerprint density at radius 3 is 2.63 bits per heavy atom. The van der Waals surface area contributed by atoms with Crippen molar-refractivity contribution in [3.05, 3.63) is 0 Å². The molecule has 3 nitrogen and oxygen atoms in total. The van der Waals surface area contributed by atoms with Crippen molar-refractivity contribution in [2.24, 2.45) is 5.92 Å². The summed E-state index contributed by atoms with van der Waals surface area (Å²) in [5.41, 5.74) is 0. The molecule has 0 spiro atoms. The van der Waals surface area contributed by atoms with Crippen LogP contribution in [0.25, 0.3) is 0 Å². The predicted molar refractivity (Wildman–Crippen MR) is 80.5 cm³/mol.